The van der Waals surface area contributed by atoms with Crippen LogP contribution >= 0.6 is 0 Å². The third kappa shape index (κ3) is 3.91. The summed E-state index contributed by atoms with van der Waals surface area (Å²) in [4.78, 5) is 6.63. The molecule has 2 aromatic rings. The maximum absolute atomic E-state index is 5.38. The number of aryl methyl sites for hydroxylation is 1. The highest BCUT2D eigenvalue weighted by atomic mass is 16.5. The lowest BCUT2D eigenvalue weighted by atomic mass is 10.1. The second-order valence-corrected chi connectivity index (χ2v) is 6.24. The van der Waals surface area contributed by atoms with E-state index < -0.39 is 0 Å². The number of nitrogens with one attached hydrogen (secondary N) is 1. The summed E-state index contributed by atoms with van der Waals surface area (Å²) in [6.45, 7) is 5.07. The number of pyridine rings is 1. The standard InChI is InChI=1S/C19H25N3O2/c1-14-8-16(4-6-20-14)21-12-15-5-7-22(13-15)17-9-18(23-2)11-19(10-17)24-3/h4,6,8-11,15H,5,7,12-13H2,1-3H3,(H,20,21). The van der Waals surface area contributed by atoms with Gasteiger partial charge in [0.1, 0.15) is 11.5 Å². The van der Waals surface area contributed by atoms with Crippen molar-refractivity contribution in [2.24, 2.45) is 5.92 Å². The Morgan fingerprint density at radius 3 is 2.58 bits per heavy atom. The predicted octanol–water partition coefficient (Wildman–Crippen LogP) is 3.35. The van der Waals surface area contributed by atoms with Crippen molar-refractivity contribution in [1.82, 2.24) is 4.98 Å². The van der Waals surface area contributed by atoms with E-state index in [1.54, 1.807) is 14.2 Å². The summed E-state index contributed by atoms with van der Waals surface area (Å²) in [6, 6.07) is 10.2. The average molecular weight is 327 g/mol. The van der Waals surface area contributed by atoms with Gasteiger partial charge in [-0.05, 0) is 31.4 Å². The molecule has 1 aliphatic rings. The molecule has 1 atom stereocenters. The highest BCUT2D eigenvalue weighted by Gasteiger charge is 2.23. The van der Waals surface area contributed by atoms with Gasteiger partial charge >= 0.3 is 0 Å². The third-order valence-corrected chi connectivity index (χ3v) is 4.48. The van der Waals surface area contributed by atoms with Gasteiger partial charge in [-0.1, -0.05) is 0 Å². The molecular weight excluding hydrogens is 302 g/mol. The van der Waals surface area contributed by atoms with Crippen LogP contribution < -0.4 is 19.7 Å². The topological polar surface area (TPSA) is 46.6 Å². The van der Waals surface area contributed by atoms with Gasteiger partial charge in [0.2, 0.25) is 0 Å². The fourth-order valence-electron chi connectivity index (χ4n) is 3.13. The molecule has 0 aliphatic carbocycles. The monoisotopic (exact) mass is 327 g/mol. The fourth-order valence-corrected chi connectivity index (χ4v) is 3.13. The van der Waals surface area contributed by atoms with E-state index in [1.165, 1.54) is 6.42 Å². The Hall–Kier alpha value is -2.43. The van der Waals surface area contributed by atoms with Gasteiger partial charge in [-0.15, -0.1) is 0 Å². The molecule has 1 aromatic heterocycles. The highest BCUT2D eigenvalue weighted by Crippen LogP contribution is 2.31. The van der Waals surface area contributed by atoms with E-state index in [2.05, 4.69) is 33.4 Å². The van der Waals surface area contributed by atoms with Crippen molar-refractivity contribution in [3.8, 4) is 11.5 Å². The summed E-state index contributed by atoms with van der Waals surface area (Å²) < 4.78 is 10.8. The number of benzene rings is 1. The van der Waals surface area contributed by atoms with Gasteiger partial charge in [0.05, 0.1) is 14.2 Å². The van der Waals surface area contributed by atoms with Crippen LogP contribution in [0.5, 0.6) is 11.5 Å². The molecule has 0 spiro atoms. The lowest BCUT2D eigenvalue weighted by Gasteiger charge is -2.20. The first-order chi connectivity index (χ1) is 11.7. The Morgan fingerprint density at radius 2 is 1.92 bits per heavy atom. The van der Waals surface area contributed by atoms with Gasteiger partial charge in [-0.3, -0.25) is 4.98 Å². The Labute approximate surface area is 143 Å². The van der Waals surface area contributed by atoms with Gasteiger partial charge in [-0.25, -0.2) is 0 Å². The van der Waals surface area contributed by atoms with Gasteiger partial charge in [-0.2, -0.15) is 0 Å². The van der Waals surface area contributed by atoms with Crippen molar-refractivity contribution in [1.29, 1.82) is 0 Å². The van der Waals surface area contributed by atoms with Crippen LogP contribution in [-0.2, 0) is 0 Å². The van der Waals surface area contributed by atoms with Crippen LogP contribution in [0.2, 0.25) is 0 Å². The summed E-state index contributed by atoms with van der Waals surface area (Å²) in [7, 11) is 3.37. The lowest BCUT2D eigenvalue weighted by molar-refractivity contribution is 0.394. The first-order valence-corrected chi connectivity index (χ1v) is 8.32. The molecule has 0 bridgehead atoms. The molecule has 3 rings (SSSR count). The maximum atomic E-state index is 5.38. The Kier molecular flexibility index (Phi) is 5.08. The number of hydrogen-bond acceptors (Lipinski definition) is 5. The van der Waals surface area contributed by atoms with Crippen molar-refractivity contribution < 1.29 is 9.47 Å². The molecule has 24 heavy (non-hydrogen) atoms. The zero-order valence-corrected chi connectivity index (χ0v) is 14.6. The van der Waals surface area contributed by atoms with Crippen LogP contribution in [0.1, 0.15) is 12.1 Å². The van der Waals surface area contributed by atoms with Crippen LogP contribution in [-0.4, -0.2) is 38.8 Å². The Balaban J connectivity index is 1.61. The first-order valence-electron chi connectivity index (χ1n) is 8.32. The summed E-state index contributed by atoms with van der Waals surface area (Å²) >= 11 is 0. The highest BCUT2D eigenvalue weighted by molar-refractivity contribution is 5.56. The van der Waals surface area contributed by atoms with Crippen molar-refractivity contribution in [3.63, 3.8) is 0 Å². The third-order valence-electron chi connectivity index (χ3n) is 4.48. The van der Waals surface area contributed by atoms with Gasteiger partial charge < -0.3 is 19.7 Å². The van der Waals surface area contributed by atoms with Crippen LogP contribution in [0.4, 0.5) is 11.4 Å². The summed E-state index contributed by atoms with van der Waals surface area (Å²) in [5, 5.41) is 3.53. The second-order valence-electron chi connectivity index (χ2n) is 6.24. The molecular formula is C19H25N3O2. The minimum atomic E-state index is 0.621. The normalized spacial score (nSPS) is 17.0. The lowest BCUT2D eigenvalue weighted by Crippen LogP contribution is -2.22. The van der Waals surface area contributed by atoms with E-state index in [9.17, 15) is 0 Å². The van der Waals surface area contributed by atoms with E-state index in [-0.39, 0.29) is 0 Å². The molecule has 0 amide bonds. The number of methoxy groups -OCH3 is 2. The van der Waals surface area contributed by atoms with Crippen molar-refractivity contribution in [2.45, 2.75) is 13.3 Å². The summed E-state index contributed by atoms with van der Waals surface area (Å²) in [5.41, 5.74) is 3.34. The second kappa shape index (κ2) is 7.43. The summed E-state index contributed by atoms with van der Waals surface area (Å²) in [6.07, 6.45) is 3.03. The Bertz CT molecular complexity index is 668. The van der Waals surface area contributed by atoms with E-state index >= 15 is 0 Å². The molecule has 0 saturated carbocycles. The Morgan fingerprint density at radius 1 is 1.17 bits per heavy atom. The molecule has 1 aliphatic heterocycles. The molecule has 1 unspecified atom stereocenters. The van der Waals surface area contributed by atoms with E-state index in [0.29, 0.717) is 5.92 Å². The number of ether oxygens (including phenoxy) is 2. The molecule has 1 N–H and O–H groups in total. The number of anilines is 2. The molecule has 1 saturated heterocycles. The smallest absolute Gasteiger partial charge is 0.124 e. The van der Waals surface area contributed by atoms with E-state index in [4.69, 9.17) is 9.47 Å². The molecule has 5 heteroatoms. The van der Waals surface area contributed by atoms with Crippen molar-refractivity contribution in [3.05, 3.63) is 42.2 Å². The average Bonchev–Trinajstić information content (AvgIpc) is 3.08. The maximum Gasteiger partial charge on any atom is 0.124 e. The molecule has 2 heterocycles. The molecule has 128 valence electrons. The predicted molar refractivity (Wildman–Crippen MR) is 97.3 cm³/mol. The quantitative estimate of drug-likeness (QED) is 0.882. The number of aromatic nitrogens is 1. The number of hydrogen-bond donors (Lipinski definition) is 1. The van der Waals surface area contributed by atoms with Crippen LogP contribution in [0.15, 0.2) is 36.5 Å². The molecule has 5 nitrogen and oxygen atoms in total. The molecule has 1 aromatic carbocycles. The van der Waals surface area contributed by atoms with Crippen molar-refractivity contribution >= 4 is 11.4 Å². The largest absolute Gasteiger partial charge is 0.497 e. The van der Waals surface area contributed by atoms with Crippen molar-refractivity contribution in [2.75, 3.05) is 44.1 Å². The van der Waals surface area contributed by atoms with E-state index in [1.807, 2.05) is 25.3 Å². The minimum absolute atomic E-state index is 0.621. The van der Waals surface area contributed by atoms with E-state index in [0.717, 1.165) is 48.2 Å². The minimum Gasteiger partial charge on any atom is -0.497 e. The number of nitrogens with zero attached hydrogens (tertiary/aromatic N) is 2. The van der Waals surface area contributed by atoms with Gasteiger partial charge in [0, 0.05) is 61.1 Å². The van der Waals surface area contributed by atoms with Gasteiger partial charge in [0.25, 0.3) is 0 Å². The zero-order chi connectivity index (χ0) is 16.9. The van der Waals surface area contributed by atoms with Crippen LogP contribution in [0.25, 0.3) is 0 Å². The van der Waals surface area contributed by atoms with Crippen LogP contribution in [0, 0.1) is 12.8 Å². The number of rotatable bonds is 6. The van der Waals surface area contributed by atoms with Gasteiger partial charge in [0.15, 0.2) is 0 Å². The fraction of sp³-hybridized carbons (Fsp3) is 0.421. The zero-order valence-electron chi connectivity index (χ0n) is 14.6. The SMILES string of the molecule is COc1cc(OC)cc(N2CCC(CNc3ccnc(C)c3)C2)c1. The summed E-state index contributed by atoms with van der Waals surface area (Å²) in [5.74, 6) is 2.28. The first kappa shape index (κ1) is 16.4. The van der Waals surface area contributed by atoms with Crippen LogP contribution in [0.3, 0.4) is 0 Å². The molecule has 0 radical (unpaired) electrons. The molecule has 1 fully saturated rings.